The Morgan fingerprint density at radius 1 is 1.89 bits per heavy atom. The first-order valence-corrected chi connectivity index (χ1v) is 2.96. The van der Waals surface area contributed by atoms with Crippen LogP contribution in [0.4, 0.5) is 0 Å². The first kappa shape index (κ1) is 8.37. The minimum Gasteiger partial charge on any atom is -0.389 e. The number of carbonyl (C=O) groups excluding carboxylic acids is 1. The average molecular weight is 128 g/mol. The summed E-state index contributed by atoms with van der Waals surface area (Å²) >= 11 is 0. The van der Waals surface area contributed by atoms with Crippen molar-refractivity contribution in [2.45, 2.75) is 13.3 Å². The lowest BCUT2D eigenvalue weighted by atomic mass is 10.0. The molecule has 0 bridgehead atoms. The number of hydrogen-bond acceptors (Lipinski definition) is 2. The van der Waals surface area contributed by atoms with Crippen LogP contribution in [0.1, 0.15) is 13.3 Å². The molecule has 0 aromatic heterocycles. The van der Waals surface area contributed by atoms with Gasteiger partial charge in [0.15, 0.2) is 5.78 Å². The second-order valence-corrected chi connectivity index (χ2v) is 2.05. The largest absolute Gasteiger partial charge is 0.389 e. The summed E-state index contributed by atoms with van der Waals surface area (Å²) in [7, 11) is 0. The highest BCUT2D eigenvalue weighted by Gasteiger charge is 2.07. The molecule has 0 aliphatic rings. The second kappa shape index (κ2) is 4.27. The molecular weight excluding hydrogens is 116 g/mol. The molecule has 0 amide bonds. The van der Waals surface area contributed by atoms with E-state index in [1.54, 1.807) is 13.0 Å². The number of Topliss-reactive ketones (excluding diaryl/α,β-unsaturated/α-hetero) is 1. The summed E-state index contributed by atoms with van der Waals surface area (Å²) < 4.78 is 0. The maximum Gasteiger partial charge on any atom is 0.161 e. The Kier molecular flexibility index (Phi) is 3.97. The molecule has 0 heterocycles. The molecule has 0 rings (SSSR count). The van der Waals surface area contributed by atoms with Gasteiger partial charge in [-0.3, -0.25) is 4.79 Å². The molecule has 0 aromatic carbocycles. The first-order chi connectivity index (χ1) is 4.22. The summed E-state index contributed by atoms with van der Waals surface area (Å²) in [4.78, 5) is 10.6. The van der Waals surface area contributed by atoms with E-state index in [1.807, 2.05) is 0 Å². The van der Waals surface area contributed by atoms with Gasteiger partial charge < -0.3 is 5.11 Å². The van der Waals surface area contributed by atoms with Crippen LogP contribution in [0.2, 0.25) is 0 Å². The van der Waals surface area contributed by atoms with Crippen molar-refractivity contribution < 1.29 is 9.90 Å². The molecule has 1 N–H and O–H groups in total. The van der Waals surface area contributed by atoms with E-state index in [0.29, 0.717) is 6.42 Å². The molecule has 2 nitrogen and oxygen atoms in total. The number of aliphatic hydroxyl groups excluding tert-OH is 1. The van der Waals surface area contributed by atoms with Crippen molar-refractivity contribution in [3.63, 3.8) is 0 Å². The van der Waals surface area contributed by atoms with Gasteiger partial charge in [0.25, 0.3) is 0 Å². The molecular formula is C7H12O2. The summed E-state index contributed by atoms with van der Waals surface area (Å²) in [6.45, 7) is 4.91. The molecule has 0 fully saturated rings. The average Bonchev–Trinajstić information content (AvgIpc) is 1.87. The molecule has 0 saturated carbocycles. The molecule has 9 heavy (non-hydrogen) atoms. The zero-order valence-electron chi connectivity index (χ0n) is 5.63. The van der Waals surface area contributed by atoms with Gasteiger partial charge in [-0.05, 0) is 6.42 Å². The van der Waals surface area contributed by atoms with E-state index in [0.717, 1.165) is 0 Å². The van der Waals surface area contributed by atoms with E-state index >= 15 is 0 Å². The molecule has 0 aliphatic carbocycles. The van der Waals surface area contributed by atoms with E-state index in [2.05, 4.69) is 6.58 Å². The van der Waals surface area contributed by atoms with Crippen molar-refractivity contribution >= 4 is 5.78 Å². The number of ketones is 1. The van der Waals surface area contributed by atoms with Crippen molar-refractivity contribution in [3.05, 3.63) is 12.7 Å². The number of allylic oxidation sites excluding steroid dienone is 1. The lowest BCUT2D eigenvalue weighted by Gasteiger charge is -2.02. The number of aliphatic hydroxyl groups is 1. The van der Waals surface area contributed by atoms with Crippen molar-refractivity contribution in [2.24, 2.45) is 5.92 Å². The number of rotatable bonds is 4. The van der Waals surface area contributed by atoms with Crippen LogP contribution in [0.5, 0.6) is 0 Å². The topological polar surface area (TPSA) is 37.3 Å². The predicted octanol–water partition coefficient (Wildman–Crippen LogP) is 0.760. The van der Waals surface area contributed by atoms with E-state index in [4.69, 9.17) is 5.11 Å². The van der Waals surface area contributed by atoms with Crippen LogP contribution in [0.3, 0.4) is 0 Å². The van der Waals surface area contributed by atoms with E-state index < -0.39 is 0 Å². The second-order valence-electron chi connectivity index (χ2n) is 2.05. The third-order valence-electron chi connectivity index (χ3n) is 1.23. The zero-order chi connectivity index (χ0) is 7.28. The van der Waals surface area contributed by atoms with Crippen LogP contribution < -0.4 is 0 Å². The number of hydrogen-bond donors (Lipinski definition) is 1. The molecule has 0 saturated heterocycles. The summed E-state index contributed by atoms with van der Waals surface area (Å²) in [5.74, 6) is -0.192. The van der Waals surface area contributed by atoms with Crippen molar-refractivity contribution in [3.8, 4) is 0 Å². The molecule has 52 valence electrons. The molecule has 2 heteroatoms. The summed E-state index contributed by atoms with van der Waals surface area (Å²) in [6.07, 6.45) is 2.33. The quantitative estimate of drug-likeness (QED) is 0.567. The minimum atomic E-state index is -0.352. The maximum atomic E-state index is 10.6. The fraction of sp³-hybridized carbons (Fsp3) is 0.571. The third kappa shape index (κ3) is 3.03. The maximum absolute atomic E-state index is 10.6. The van der Waals surface area contributed by atoms with E-state index in [9.17, 15) is 4.79 Å². The molecule has 1 atom stereocenters. The SMILES string of the molecule is C=CCC(C)C(=O)CO. The van der Waals surface area contributed by atoms with Gasteiger partial charge in [-0.2, -0.15) is 0 Å². The molecule has 0 aromatic rings. The Labute approximate surface area is 55.2 Å². The van der Waals surface area contributed by atoms with Crippen molar-refractivity contribution in [2.75, 3.05) is 6.61 Å². The van der Waals surface area contributed by atoms with Crippen LogP contribution in [-0.4, -0.2) is 17.5 Å². The van der Waals surface area contributed by atoms with Gasteiger partial charge in [0.05, 0.1) is 0 Å². The van der Waals surface area contributed by atoms with Gasteiger partial charge >= 0.3 is 0 Å². The van der Waals surface area contributed by atoms with Crippen LogP contribution in [0.25, 0.3) is 0 Å². The highest BCUT2D eigenvalue weighted by Crippen LogP contribution is 2.02. The van der Waals surface area contributed by atoms with Crippen LogP contribution in [0, 0.1) is 5.92 Å². The van der Waals surface area contributed by atoms with Crippen LogP contribution >= 0.6 is 0 Å². The number of carbonyl (C=O) groups is 1. The van der Waals surface area contributed by atoms with Gasteiger partial charge in [0, 0.05) is 5.92 Å². The van der Waals surface area contributed by atoms with E-state index in [1.165, 1.54) is 0 Å². The smallest absolute Gasteiger partial charge is 0.161 e. The predicted molar refractivity (Wildman–Crippen MR) is 36.1 cm³/mol. The molecule has 0 radical (unpaired) electrons. The molecule has 1 unspecified atom stereocenters. The van der Waals surface area contributed by atoms with Crippen LogP contribution in [0.15, 0.2) is 12.7 Å². The van der Waals surface area contributed by atoms with Gasteiger partial charge in [0.2, 0.25) is 0 Å². The Balaban J connectivity index is 3.58. The molecule has 0 spiro atoms. The monoisotopic (exact) mass is 128 g/mol. The standard InChI is InChI=1S/C7H12O2/c1-3-4-6(2)7(9)5-8/h3,6,8H,1,4-5H2,2H3. The highest BCUT2D eigenvalue weighted by molar-refractivity contribution is 5.81. The summed E-state index contributed by atoms with van der Waals surface area (Å²) in [5.41, 5.74) is 0. The lowest BCUT2D eigenvalue weighted by molar-refractivity contribution is -0.125. The minimum absolute atomic E-state index is 0.0764. The molecule has 0 aliphatic heterocycles. The Morgan fingerprint density at radius 3 is 2.78 bits per heavy atom. The fourth-order valence-corrected chi connectivity index (χ4v) is 0.537. The normalized spacial score (nSPS) is 12.7. The Bertz CT molecular complexity index is 107. The zero-order valence-corrected chi connectivity index (χ0v) is 5.63. The van der Waals surface area contributed by atoms with Gasteiger partial charge in [-0.15, -0.1) is 6.58 Å². The summed E-state index contributed by atoms with van der Waals surface area (Å²) in [6, 6.07) is 0. The Hall–Kier alpha value is -0.630. The lowest BCUT2D eigenvalue weighted by Crippen LogP contribution is -2.13. The van der Waals surface area contributed by atoms with Gasteiger partial charge in [0.1, 0.15) is 6.61 Å². The van der Waals surface area contributed by atoms with Gasteiger partial charge in [-0.25, -0.2) is 0 Å². The van der Waals surface area contributed by atoms with Gasteiger partial charge in [-0.1, -0.05) is 13.0 Å². The summed E-state index contributed by atoms with van der Waals surface area (Å²) in [5, 5.41) is 8.35. The highest BCUT2D eigenvalue weighted by atomic mass is 16.3. The fourth-order valence-electron chi connectivity index (χ4n) is 0.537. The van der Waals surface area contributed by atoms with Crippen LogP contribution in [-0.2, 0) is 4.79 Å². The first-order valence-electron chi connectivity index (χ1n) is 2.96. The van der Waals surface area contributed by atoms with E-state index in [-0.39, 0.29) is 18.3 Å². The van der Waals surface area contributed by atoms with Crippen molar-refractivity contribution in [1.29, 1.82) is 0 Å². The third-order valence-corrected chi connectivity index (χ3v) is 1.23. The van der Waals surface area contributed by atoms with Crippen molar-refractivity contribution in [1.82, 2.24) is 0 Å². The Morgan fingerprint density at radius 2 is 2.44 bits per heavy atom.